The van der Waals surface area contributed by atoms with Crippen LogP contribution in [0.2, 0.25) is 0 Å². The van der Waals surface area contributed by atoms with E-state index >= 15 is 0 Å². The number of ketones is 3. The third kappa shape index (κ3) is 21.3. The van der Waals surface area contributed by atoms with Crippen LogP contribution in [0.1, 0.15) is 82.9 Å². The molecule has 3 fully saturated rings. The molecule has 0 amide bonds. The highest BCUT2D eigenvalue weighted by Gasteiger charge is 2.26. The smallest absolute Gasteiger partial charge is 0.220 e. The molecule has 3 aliphatic heterocycles. The number of Topliss-reactive ketones (excluding diaryl/α,β-unsaturated/α-hetero) is 3. The van der Waals surface area contributed by atoms with E-state index in [4.69, 9.17) is 0 Å². The summed E-state index contributed by atoms with van der Waals surface area (Å²) in [4.78, 5) is 71.0. The molecule has 18 heteroatoms. The molecule has 3 heterocycles. The van der Waals surface area contributed by atoms with Crippen molar-refractivity contribution in [3.63, 3.8) is 0 Å². The fourth-order valence-electron chi connectivity index (χ4n) is 6.31. The van der Waals surface area contributed by atoms with Crippen LogP contribution in [0.15, 0.2) is 72.8 Å². The Kier molecular flexibility index (Phi) is 29.0. The van der Waals surface area contributed by atoms with Gasteiger partial charge in [0.15, 0.2) is 17.3 Å². The maximum atomic E-state index is 12.4. The first kappa shape index (κ1) is 58.5. The quantitative estimate of drug-likeness (QED) is 0.113. The normalized spacial score (nSPS) is 21.5. The Morgan fingerprint density at radius 3 is 1.12 bits per heavy atom. The zero-order valence-electron chi connectivity index (χ0n) is 38.2. The van der Waals surface area contributed by atoms with Crippen LogP contribution in [-0.2, 0) is 0 Å². The molecular weight excluding hydrogens is 1060 g/mol. The van der Waals surface area contributed by atoms with Crippen molar-refractivity contribution in [2.45, 2.75) is 52.3 Å². The molecule has 0 saturated carbocycles. The Hall–Kier alpha value is -0.120. The van der Waals surface area contributed by atoms with Crippen LogP contribution < -0.4 is 0 Å². The zero-order chi connectivity index (χ0) is 47.8. The highest BCUT2D eigenvalue weighted by atomic mass is 32.2. The van der Waals surface area contributed by atoms with Gasteiger partial charge in [0.2, 0.25) is 15.3 Å². The molecule has 6 unspecified atom stereocenters. The molecule has 3 saturated heterocycles. The van der Waals surface area contributed by atoms with Gasteiger partial charge in [-0.2, -0.15) is 106 Å². The van der Waals surface area contributed by atoms with Gasteiger partial charge >= 0.3 is 0 Å². The Morgan fingerprint density at radius 1 is 0.394 bits per heavy atom. The number of hydrogen-bond donors (Lipinski definition) is 0. The molecule has 6 nitrogen and oxygen atoms in total. The maximum Gasteiger partial charge on any atom is 0.220 e. The van der Waals surface area contributed by atoms with Crippen LogP contribution in [-0.4, -0.2) is 152 Å². The second kappa shape index (κ2) is 32.8. The first-order valence-corrected chi connectivity index (χ1v) is 34.7. The van der Waals surface area contributed by atoms with Gasteiger partial charge < -0.3 is 0 Å². The van der Waals surface area contributed by atoms with E-state index in [1.807, 2.05) is 112 Å². The van der Waals surface area contributed by atoms with Crippen LogP contribution in [0, 0.1) is 0 Å². The summed E-state index contributed by atoms with van der Waals surface area (Å²) < 4.78 is 0. The van der Waals surface area contributed by atoms with E-state index in [0.29, 0.717) is 49.1 Å². The summed E-state index contributed by atoms with van der Waals surface area (Å²) in [5.41, 5.74) is 3.66. The van der Waals surface area contributed by atoms with Gasteiger partial charge in [0.05, 0.1) is 0 Å². The summed E-state index contributed by atoms with van der Waals surface area (Å²) >= 11 is 22.0. The predicted molar refractivity (Wildman–Crippen MR) is 312 cm³/mol. The van der Waals surface area contributed by atoms with Crippen molar-refractivity contribution in [2.24, 2.45) is 0 Å². The lowest BCUT2D eigenvalue weighted by Gasteiger charge is -2.26. The number of benzene rings is 3. The monoisotopic (exact) mass is 1120 g/mol. The Morgan fingerprint density at radius 2 is 0.742 bits per heavy atom. The lowest BCUT2D eigenvalue weighted by Crippen LogP contribution is -2.25. The average Bonchev–Trinajstić information content (AvgIpc) is 3.33. The van der Waals surface area contributed by atoms with Gasteiger partial charge in [-0.1, -0.05) is 83.8 Å². The summed E-state index contributed by atoms with van der Waals surface area (Å²) in [5, 5.41) is 4.09. The van der Waals surface area contributed by atoms with Gasteiger partial charge in [0, 0.05) is 134 Å². The molecular formula is C48H60O6S12. The fourth-order valence-corrected chi connectivity index (χ4v) is 22.5. The van der Waals surface area contributed by atoms with Gasteiger partial charge in [-0.05, 0) is 63.8 Å². The van der Waals surface area contributed by atoms with E-state index in [-0.39, 0.29) is 32.7 Å². The van der Waals surface area contributed by atoms with Gasteiger partial charge in [0.1, 0.15) is 0 Å². The minimum absolute atomic E-state index is 0.00118. The van der Waals surface area contributed by atoms with Crippen molar-refractivity contribution < 1.29 is 28.8 Å². The molecule has 3 aliphatic rings. The van der Waals surface area contributed by atoms with Crippen molar-refractivity contribution in [1.82, 2.24) is 0 Å². The van der Waals surface area contributed by atoms with Gasteiger partial charge in [-0.15, -0.1) is 0 Å². The number of hydrogen-bond acceptors (Lipinski definition) is 18. The zero-order valence-corrected chi connectivity index (χ0v) is 48.0. The van der Waals surface area contributed by atoms with Crippen molar-refractivity contribution >= 4 is 174 Å². The summed E-state index contributed by atoms with van der Waals surface area (Å²) in [6.45, 7) is 4.57. The molecule has 0 aromatic heterocycles. The van der Waals surface area contributed by atoms with E-state index < -0.39 is 0 Å². The number of carbonyl (C=O) groups excluding carboxylic acids is 6. The van der Waals surface area contributed by atoms with Gasteiger partial charge in [0.25, 0.3) is 0 Å². The summed E-state index contributed by atoms with van der Waals surface area (Å²) in [6.07, 6.45) is 6.46. The van der Waals surface area contributed by atoms with Crippen molar-refractivity contribution in [1.29, 1.82) is 0 Å². The van der Waals surface area contributed by atoms with Crippen LogP contribution in [0.5, 0.6) is 0 Å². The van der Waals surface area contributed by atoms with Crippen molar-refractivity contribution in [3.05, 3.63) is 106 Å². The molecule has 6 atom stereocenters. The molecule has 0 aliphatic carbocycles. The van der Waals surface area contributed by atoms with Gasteiger partial charge in [-0.25, -0.2) is 0 Å². The SMILES string of the molecule is CSCC1CSC(CSC(=O)c2ccc(C(C)=O)cc2)CS1.CSCC1CSC(CSC(=O)c2cccc(C(C)=O)c2)CS1.CSCC1CSC(CSC(=O)c2ccccc2C(C)=O)CS1. The number of rotatable bonds is 18. The number of thioether (sulfide) groups is 12. The summed E-state index contributed by atoms with van der Waals surface area (Å²) in [5.74, 6) is 13.1. The lowest BCUT2D eigenvalue weighted by atomic mass is 10.1. The largest absolute Gasteiger partial charge is 0.295 e. The lowest BCUT2D eigenvalue weighted by molar-refractivity contribution is 0.0999. The average molecular weight is 1120 g/mol. The topological polar surface area (TPSA) is 102 Å². The van der Waals surface area contributed by atoms with Crippen molar-refractivity contribution in [3.8, 4) is 0 Å². The summed E-state index contributed by atoms with van der Waals surface area (Å²) in [7, 11) is 0. The predicted octanol–water partition coefficient (Wildman–Crippen LogP) is 13.0. The highest BCUT2D eigenvalue weighted by molar-refractivity contribution is 8.16. The van der Waals surface area contributed by atoms with Crippen LogP contribution in [0.4, 0.5) is 0 Å². The van der Waals surface area contributed by atoms with Crippen LogP contribution in [0.25, 0.3) is 0 Å². The third-order valence-corrected chi connectivity index (χ3v) is 26.2. The first-order chi connectivity index (χ1) is 31.8. The van der Waals surface area contributed by atoms with E-state index in [0.717, 1.165) is 50.3 Å². The molecule has 0 radical (unpaired) electrons. The van der Waals surface area contributed by atoms with Gasteiger partial charge in [-0.3, -0.25) is 28.8 Å². The van der Waals surface area contributed by atoms with E-state index in [2.05, 4.69) is 18.8 Å². The third-order valence-electron chi connectivity index (χ3n) is 9.92. The Labute approximate surface area is 444 Å². The molecule has 66 heavy (non-hydrogen) atoms. The summed E-state index contributed by atoms with van der Waals surface area (Å²) in [6, 6.07) is 21.1. The number of carbonyl (C=O) groups is 6. The molecule has 360 valence electrons. The Balaban J connectivity index is 0.000000216. The van der Waals surface area contributed by atoms with E-state index in [9.17, 15) is 28.8 Å². The minimum atomic E-state index is -0.0490. The van der Waals surface area contributed by atoms with Crippen LogP contribution in [0.3, 0.4) is 0 Å². The van der Waals surface area contributed by atoms with Crippen molar-refractivity contribution in [2.75, 3.05) is 87.8 Å². The molecule has 3 aromatic carbocycles. The fraction of sp³-hybridized carbons (Fsp3) is 0.500. The standard InChI is InChI=1S/3C16H20O2S4/c1-11(17)12-3-5-13(6-4-12)16(18)22-10-15-9-20-14(7-19-2)8-21-15;1-11(17)12-4-3-5-13(6-12)16(18)22-10-15-9-20-14(7-19-2)8-21-15;1-11(17)14-5-3-4-6-15(14)16(18)22-10-13-9-20-12(7-19-2)8-21-13/h2*3-6,14-15H,7-10H2,1-2H3;3-6,12-13H,7-10H2,1-2H3. The van der Waals surface area contributed by atoms with Crippen LogP contribution >= 0.6 is 141 Å². The molecule has 3 aromatic rings. The molecule has 6 rings (SSSR count). The van der Waals surface area contributed by atoms with E-state index in [1.165, 1.54) is 90.6 Å². The highest BCUT2D eigenvalue weighted by Crippen LogP contribution is 2.36. The minimum Gasteiger partial charge on any atom is -0.295 e. The molecule has 0 bridgehead atoms. The molecule has 0 N–H and O–H groups in total. The Bertz CT molecular complexity index is 2010. The van der Waals surface area contributed by atoms with E-state index in [1.54, 1.807) is 66.7 Å². The maximum absolute atomic E-state index is 12.4. The second-order valence-corrected chi connectivity index (χ2v) is 29.0. The first-order valence-electron chi connectivity index (χ1n) is 21.3. The molecule has 0 spiro atoms. The second-order valence-electron chi connectivity index (χ2n) is 15.3.